The second kappa shape index (κ2) is 6.92. The van der Waals surface area contributed by atoms with Crippen molar-refractivity contribution >= 4 is 17.2 Å². The predicted octanol–water partition coefficient (Wildman–Crippen LogP) is 0.408. The van der Waals surface area contributed by atoms with Gasteiger partial charge in [0.2, 0.25) is 11.7 Å². The molecule has 2 heterocycles. The van der Waals surface area contributed by atoms with E-state index in [2.05, 4.69) is 22.0 Å². The summed E-state index contributed by atoms with van der Waals surface area (Å²) in [5.74, 6) is 0.319. The maximum absolute atomic E-state index is 12.0. The minimum Gasteiger partial charge on any atom is -0.395 e. The van der Waals surface area contributed by atoms with E-state index >= 15 is 0 Å². The molecule has 0 saturated heterocycles. The number of nitrogens with zero attached hydrogens (tertiary/aromatic N) is 5. The van der Waals surface area contributed by atoms with E-state index in [1.54, 1.807) is 6.08 Å². The number of amides is 1. The number of carbonyl (C=O) groups excluding carboxylic acids is 1. The van der Waals surface area contributed by atoms with Gasteiger partial charge in [0.25, 0.3) is 0 Å². The summed E-state index contributed by atoms with van der Waals surface area (Å²) in [5.41, 5.74) is 0. The van der Waals surface area contributed by atoms with Gasteiger partial charge in [-0.15, -0.1) is 28.1 Å². The number of aromatic nitrogens is 4. The zero-order chi connectivity index (χ0) is 14.4. The Morgan fingerprint density at radius 1 is 1.60 bits per heavy atom. The van der Waals surface area contributed by atoms with Gasteiger partial charge in [0, 0.05) is 13.1 Å². The average molecular weight is 293 g/mol. The fourth-order valence-corrected chi connectivity index (χ4v) is 2.28. The first-order valence-corrected chi connectivity index (χ1v) is 6.93. The quantitative estimate of drug-likeness (QED) is 0.747. The summed E-state index contributed by atoms with van der Waals surface area (Å²) in [6.07, 6.45) is 1.61. The topological polar surface area (TPSA) is 84.1 Å². The Kier molecular flexibility index (Phi) is 4.97. The van der Waals surface area contributed by atoms with E-state index in [0.29, 0.717) is 12.4 Å². The Morgan fingerprint density at radius 3 is 3.10 bits per heavy atom. The van der Waals surface area contributed by atoms with Gasteiger partial charge in [0.05, 0.1) is 11.5 Å². The summed E-state index contributed by atoms with van der Waals surface area (Å²) in [4.78, 5) is 15.7. The van der Waals surface area contributed by atoms with E-state index in [0.717, 1.165) is 4.88 Å². The van der Waals surface area contributed by atoms with E-state index in [4.69, 9.17) is 5.11 Å². The van der Waals surface area contributed by atoms with Crippen molar-refractivity contribution in [2.45, 2.75) is 6.54 Å². The molecule has 0 spiro atoms. The van der Waals surface area contributed by atoms with Gasteiger partial charge in [-0.3, -0.25) is 4.79 Å². The molecular formula is C12H15N5O2S. The lowest BCUT2D eigenvalue weighted by Gasteiger charge is -2.19. The van der Waals surface area contributed by atoms with Crippen LogP contribution in [0.5, 0.6) is 0 Å². The minimum absolute atomic E-state index is 0.00772. The van der Waals surface area contributed by atoms with Crippen LogP contribution in [0.2, 0.25) is 0 Å². The van der Waals surface area contributed by atoms with E-state index in [-0.39, 0.29) is 25.6 Å². The number of tetrazole rings is 1. The summed E-state index contributed by atoms with van der Waals surface area (Å²) in [6, 6.07) is 3.79. The summed E-state index contributed by atoms with van der Waals surface area (Å²) in [5, 5.41) is 22.8. The number of thiophene rings is 1. The fourth-order valence-electron chi connectivity index (χ4n) is 1.63. The largest absolute Gasteiger partial charge is 0.395 e. The van der Waals surface area contributed by atoms with Gasteiger partial charge in [0.15, 0.2) is 0 Å². The summed E-state index contributed by atoms with van der Waals surface area (Å²) >= 11 is 1.51. The van der Waals surface area contributed by atoms with Crippen molar-refractivity contribution in [3.63, 3.8) is 0 Å². The highest BCUT2D eigenvalue weighted by Gasteiger charge is 2.14. The fraction of sp³-hybridized carbons (Fsp3) is 0.333. The molecule has 106 valence electrons. The third kappa shape index (κ3) is 3.49. The number of aliphatic hydroxyl groups excluding tert-OH is 1. The van der Waals surface area contributed by atoms with Gasteiger partial charge in [-0.1, -0.05) is 12.1 Å². The van der Waals surface area contributed by atoms with Crippen molar-refractivity contribution in [3.8, 4) is 10.7 Å². The molecule has 2 aromatic heterocycles. The lowest BCUT2D eigenvalue weighted by molar-refractivity contribution is -0.132. The third-order valence-electron chi connectivity index (χ3n) is 2.54. The molecule has 0 aliphatic heterocycles. The number of aliphatic hydroxyl groups is 1. The molecule has 0 unspecified atom stereocenters. The standard InChI is InChI=1S/C12H15N5O2S/c1-2-5-16(6-7-18)11(19)9-17-14-12(13-15-17)10-4-3-8-20-10/h2-4,8,18H,1,5-7,9H2. The first kappa shape index (κ1) is 14.4. The molecule has 0 fully saturated rings. The van der Waals surface area contributed by atoms with Crippen molar-refractivity contribution in [2.75, 3.05) is 19.7 Å². The molecule has 0 atom stereocenters. The monoisotopic (exact) mass is 293 g/mol. The first-order chi connectivity index (χ1) is 9.74. The molecule has 1 amide bonds. The van der Waals surface area contributed by atoms with E-state index in [1.165, 1.54) is 21.0 Å². The van der Waals surface area contributed by atoms with Crippen LogP contribution in [0.3, 0.4) is 0 Å². The molecule has 0 aromatic carbocycles. The van der Waals surface area contributed by atoms with Gasteiger partial charge >= 0.3 is 0 Å². The van der Waals surface area contributed by atoms with Crippen molar-refractivity contribution in [1.29, 1.82) is 0 Å². The summed E-state index contributed by atoms with van der Waals surface area (Å²) < 4.78 is 0. The zero-order valence-corrected chi connectivity index (χ0v) is 11.7. The molecule has 8 heteroatoms. The molecule has 0 saturated carbocycles. The second-order valence-electron chi connectivity index (χ2n) is 3.97. The minimum atomic E-state index is -0.186. The molecule has 2 rings (SSSR count). The molecule has 7 nitrogen and oxygen atoms in total. The van der Waals surface area contributed by atoms with Crippen LogP contribution in [0.25, 0.3) is 10.7 Å². The second-order valence-corrected chi connectivity index (χ2v) is 4.92. The van der Waals surface area contributed by atoms with Gasteiger partial charge in [-0.25, -0.2) is 0 Å². The Labute approximate surface area is 120 Å². The number of hydrogen-bond acceptors (Lipinski definition) is 6. The lowest BCUT2D eigenvalue weighted by atomic mass is 10.4. The van der Waals surface area contributed by atoms with Crippen molar-refractivity contribution < 1.29 is 9.90 Å². The van der Waals surface area contributed by atoms with E-state index < -0.39 is 0 Å². The number of rotatable bonds is 7. The maximum Gasteiger partial charge on any atom is 0.246 e. The highest BCUT2D eigenvalue weighted by Crippen LogP contribution is 2.19. The number of hydrogen-bond donors (Lipinski definition) is 1. The number of carbonyl (C=O) groups is 1. The zero-order valence-electron chi connectivity index (χ0n) is 10.8. The molecule has 20 heavy (non-hydrogen) atoms. The van der Waals surface area contributed by atoms with Crippen LogP contribution in [0, 0.1) is 0 Å². The predicted molar refractivity (Wildman–Crippen MR) is 75.0 cm³/mol. The molecule has 2 aromatic rings. The molecule has 1 N–H and O–H groups in total. The summed E-state index contributed by atoms with van der Waals surface area (Å²) in [7, 11) is 0. The SMILES string of the molecule is C=CCN(CCO)C(=O)Cn1nnc(-c2cccs2)n1. The third-order valence-corrected chi connectivity index (χ3v) is 3.41. The molecule has 0 bridgehead atoms. The first-order valence-electron chi connectivity index (χ1n) is 6.06. The van der Waals surface area contributed by atoms with Crippen molar-refractivity contribution in [3.05, 3.63) is 30.2 Å². The van der Waals surface area contributed by atoms with Gasteiger partial charge in [-0.2, -0.15) is 4.80 Å². The lowest BCUT2D eigenvalue weighted by Crippen LogP contribution is -2.36. The molecule has 0 radical (unpaired) electrons. The van der Waals surface area contributed by atoms with Crippen LogP contribution in [0.15, 0.2) is 30.2 Å². The van der Waals surface area contributed by atoms with Gasteiger partial charge in [-0.05, 0) is 16.7 Å². The van der Waals surface area contributed by atoms with Crippen LogP contribution < -0.4 is 0 Å². The van der Waals surface area contributed by atoms with Gasteiger partial charge in [0.1, 0.15) is 6.54 Å². The van der Waals surface area contributed by atoms with Crippen molar-refractivity contribution in [2.24, 2.45) is 0 Å². The molecule has 0 aliphatic carbocycles. The Hall–Kier alpha value is -2.06. The highest BCUT2D eigenvalue weighted by molar-refractivity contribution is 7.13. The smallest absolute Gasteiger partial charge is 0.246 e. The van der Waals surface area contributed by atoms with Crippen LogP contribution in [0.4, 0.5) is 0 Å². The Bertz CT molecular complexity index is 566. The van der Waals surface area contributed by atoms with Gasteiger partial charge < -0.3 is 10.0 Å². The average Bonchev–Trinajstić information content (AvgIpc) is 3.08. The van der Waals surface area contributed by atoms with Crippen LogP contribution >= 0.6 is 11.3 Å². The van der Waals surface area contributed by atoms with E-state index in [1.807, 2.05) is 17.5 Å². The normalized spacial score (nSPS) is 10.4. The van der Waals surface area contributed by atoms with Crippen LogP contribution in [-0.2, 0) is 11.3 Å². The highest BCUT2D eigenvalue weighted by atomic mass is 32.1. The Balaban J connectivity index is 2.02. The van der Waals surface area contributed by atoms with Crippen LogP contribution in [0.1, 0.15) is 0 Å². The Morgan fingerprint density at radius 2 is 2.45 bits per heavy atom. The van der Waals surface area contributed by atoms with E-state index in [9.17, 15) is 4.79 Å². The molecule has 0 aliphatic rings. The van der Waals surface area contributed by atoms with Crippen LogP contribution in [-0.4, -0.2) is 55.8 Å². The van der Waals surface area contributed by atoms with Crippen molar-refractivity contribution in [1.82, 2.24) is 25.1 Å². The summed E-state index contributed by atoms with van der Waals surface area (Å²) in [6.45, 7) is 4.13. The maximum atomic E-state index is 12.0. The molecular weight excluding hydrogens is 278 g/mol.